The Balaban J connectivity index is 1.56. The molecule has 2 nitrogen and oxygen atoms in total. The summed E-state index contributed by atoms with van der Waals surface area (Å²) in [6.07, 6.45) is 0.514. The maximum absolute atomic E-state index is 13.4. The molecule has 0 aliphatic carbocycles. The lowest BCUT2D eigenvalue weighted by Crippen LogP contribution is -2.21. The lowest BCUT2D eigenvalue weighted by molar-refractivity contribution is -0.116. The Bertz CT molecular complexity index is 973. The van der Waals surface area contributed by atoms with Crippen molar-refractivity contribution >= 4 is 48.1 Å². The van der Waals surface area contributed by atoms with E-state index >= 15 is 0 Å². The molecule has 0 aliphatic heterocycles. The molecule has 4 aromatic carbocycles. The highest BCUT2D eigenvalue weighted by Gasteiger charge is 2.26. The van der Waals surface area contributed by atoms with Gasteiger partial charge in [0.2, 0.25) is 0 Å². The quantitative estimate of drug-likeness (QED) is 0.331. The van der Waals surface area contributed by atoms with Gasteiger partial charge in [0.05, 0.1) is 0 Å². The molecule has 0 bridgehead atoms. The third-order valence-electron chi connectivity index (χ3n) is 5.11. The van der Waals surface area contributed by atoms with Crippen LogP contribution in [0.25, 0.3) is 0 Å². The van der Waals surface area contributed by atoms with Gasteiger partial charge in [-0.2, -0.15) is 0 Å². The van der Waals surface area contributed by atoms with Crippen LogP contribution in [0.4, 0.5) is 0 Å². The SMILES string of the molecule is O=C(CCC(=O)P(c1ccccc1)c1ccccc1)P(c1ccccc1)c1ccccc1. The smallest absolute Gasteiger partial charge is 0.163 e. The fraction of sp³-hybridized carbons (Fsp3) is 0.0714. The number of hydrogen-bond acceptors (Lipinski definition) is 2. The zero-order chi connectivity index (χ0) is 22.2. The molecule has 0 radical (unpaired) electrons. The highest BCUT2D eigenvalue weighted by atomic mass is 31.1. The minimum absolute atomic E-state index is 0.141. The second-order valence-electron chi connectivity index (χ2n) is 7.30. The van der Waals surface area contributed by atoms with Crippen LogP contribution in [0.15, 0.2) is 121 Å². The molecule has 0 amide bonds. The first-order valence-electron chi connectivity index (χ1n) is 10.6. The third-order valence-corrected chi connectivity index (χ3v) is 9.81. The van der Waals surface area contributed by atoms with Crippen LogP contribution in [0.5, 0.6) is 0 Å². The van der Waals surface area contributed by atoms with E-state index in [1.165, 1.54) is 0 Å². The van der Waals surface area contributed by atoms with Crippen molar-refractivity contribution in [2.24, 2.45) is 0 Å². The molecule has 0 fully saturated rings. The van der Waals surface area contributed by atoms with Crippen molar-refractivity contribution in [3.63, 3.8) is 0 Å². The fourth-order valence-electron chi connectivity index (χ4n) is 3.62. The Morgan fingerprint density at radius 3 is 0.844 bits per heavy atom. The highest BCUT2D eigenvalue weighted by Crippen LogP contribution is 2.40. The van der Waals surface area contributed by atoms with E-state index in [-0.39, 0.29) is 23.9 Å². The average molecular weight is 454 g/mol. The van der Waals surface area contributed by atoms with Crippen LogP contribution in [0.3, 0.4) is 0 Å². The maximum atomic E-state index is 13.4. The highest BCUT2D eigenvalue weighted by molar-refractivity contribution is 7.88. The number of benzene rings is 4. The first-order valence-corrected chi connectivity index (χ1v) is 13.3. The number of carbonyl (C=O) groups is 2. The summed E-state index contributed by atoms with van der Waals surface area (Å²) in [6, 6.07) is 39.7. The standard InChI is InChI=1S/C28H24O2P2/c29-27(31(23-13-5-1-6-14-23)24-15-7-2-8-16-24)21-22-28(30)32(25-17-9-3-10-18-25)26-19-11-4-12-20-26/h1-20H,21-22H2. The molecular formula is C28H24O2P2. The molecule has 158 valence electrons. The zero-order valence-electron chi connectivity index (χ0n) is 17.7. The zero-order valence-corrected chi connectivity index (χ0v) is 19.5. The monoisotopic (exact) mass is 454 g/mol. The molecule has 32 heavy (non-hydrogen) atoms. The van der Waals surface area contributed by atoms with Crippen molar-refractivity contribution in [2.75, 3.05) is 0 Å². The van der Waals surface area contributed by atoms with Gasteiger partial charge in [0, 0.05) is 28.7 Å². The van der Waals surface area contributed by atoms with Crippen molar-refractivity contribution < 1.29 is 9.59 Å². The van der Waals surface area contributed by atoms with E-state index in [1.54, 1.807) is 0 Å². The summed E-state index contributed by atoms with van der Waals surface area (Å²) in [5.74, 6) is 0. The Morgan fingerprint density at radius 1 is 0.406 bits per heavy atom. The predicted octanol–water partition coefficient (Wildman–Crippen LogP) is 5.09. The second-order valence-corrected chi connectivity index (χ2v) is 11.7. The normalized spacial score (nSPS) is 10.9. The van der Waals surface area contributed by atoms with Gasteiger partial charge in [-0.15, -0.1) is 0 Å². The lowest BCUT2D eigenvalue weighted by atomic mass is 10.3. The summed E-state index contributed by atoms with van der Waals surface area (Å²) in [5.41, 5.74) is 0.281. The van der Waals surface area contributed by atoms with Crippen molar-refractivity contribution in [3.8, 4) is 0 Å². The minimum Gasteiger partial charge on any atom is -0.294 e. The molecule has 4 rings (SSSR count). The van der Waals surface area contributed by atoms with Gasteiger partial charge in [-0.25, -0.2) is 0 Å². The third kappa shape index (κ3) is 5.46. The van der Waals surface area contributed by atoms with Crippen LogP contribution in [-0.4, -0.2) is 11.0 Å². The van der Waals surface area contributed by atoms with Crippen molar-refractivity contribution in [3.05, 3.63) is 121 Å². The Morgan fingerprint density at radius 2 is 0.625 bits per heavy atom. The van der Waals surface area contributed by atoms with Gasteiger partial charge in [0.1, 0.15) is 0 Å². The van der Waals surface area contributed by atoms with Crippen molar-refractivity contribution in [1.29, 1.82) is 0 Å². The van der Waals surface area contributed by atoms with E-state index in [0.29, 0.717) is 0 Å². The molecule has 0 atom stereocenters. The van der Waals surface area contributed by atoms with E-state index in [4.69, 9.17) is 0 Å². The van der Waals surface area contributed by atoms with Crippen LogP contribution >= 0.6 is 15.8 Å². The van der Waals surface area contributed by atoms with Gasteiger partial charge in [0.25, 0.3) is 0 Å². The van der Waals surface area contributed by atoms with Crippen LogP contribution < -0.4 is 21.2 Å². The molecule has 0 heterocycles. The summed E-state index contributed by atoms with van der Waals surface area (Å²) in [7, 11) is -2.31. The molecule has 0 saturated carbocycles. The van der Waals surface area contributed by atoms with Crippen LogP contribution in [0.1, 0.15) is 12.8 Å². The predicted molar refractivity (Wildman–Crippen MR) is 137 cm³/mol. The van der Waals surface area contributed by atoms with Crippen LogP contribution in [0.2, 0.25) is 0 Å². The summed E-state index contributed by atoms with van der Waals surface area (Å²) in [4.78, 5) is 26.9. The first kappa shape index (κ1) is 22.3. The molecule has 0 saturated heterocycles. The fourth-order valence-corrected chi connectivity index (χ4v) is 7.92. The van der Waals surface area contributed by atoms with E-state index in [1.807, 2.05) is 121 Å². The van der Waals surface area contributed by atoms with E-state index in [9.17, 15) is 9.59 Å². The van der Waals surface area contributed by atoms with Gasteiger partial charge in [0.15, 0.2) is 11.0 Å². The molecule has 0 unspecified atom stereocenters. The van der Waals surface area contributed by atoms with Crippen molar-refractivity contribution in [1.82, 2.24) is 0 Å². The number of hydrogen-bond donors (Lipinski definition) is 0. The van der Waals surface area contributed by atoms with E-state index in [0.717, 1.165) is 21.2 Å². The Labute approximate surface area is 191 Å². The molecule has 4 heteroatoms. The molecule has 0 spiro atoms. The second kappa shape index (κ2) is 11.1. The van der Waals surface area contributed by atoms with E-state index in [2.05, 4.69) is 0 Å². The Kier molecular flexibility index (Phi) is 7.73. The van der Waals surface area contributed by atoms with Gasteiger partial charge in [-0.1, -0.05) is 121 Å². The summed E-state index contributed by atoms with van der Waals surface area (Å²) in [5, 5.41) is 4.11. The molecular weight excluding hydrogens is 430 g/mol. The number of carbonyl (C=O) groups excluding carboxylic acids is 2. The van der Waals surface area contributed by atoms with Gasteiger partial charge < -0.3 is 0 Å². The first-order chi connectivity index (χ1) is 15.7. The number of rotatable bonds is 9. The summed E-state index contributed by atoms with van der Waals surface area (Å²) in [6.45, 7) is 0. The largest absolute Gasteiger partial charge is 0.294 e. The molecule has 4 aromatic rings. The Hall–Kier alpha value is -2.92. The van der Waals surface area contributed by atoms with Crippen molar-refractivity contribution in [2.45, 2.75) is 12.8 Å². The van der Waals surface area contributed by atoms with Gasteiger partial charge in [-0.05, 0) is 21.2 Å². The summed E-state index contributed by atoms with van der Waals surface area (Å²) < 4.78 is 0. The van der Waals surface area contributed by atoms with Crippen LogP contribution in [-0.2, 0) is 9.59 Å². The minimum atomic E-state index is -1.15. The van der Waals surface area contributed by atoms with Gasteiger partial charge >= 0.3 is 0 Å². The van der Waals surface area contributed by atoms with Crippen LogP contribution in [0, 0.1) is 0 Å². The molecule has 0 N–H and O–H groups in total. The topological polar surface area (TPSA) is 34.1 Å². The molecule has 0 aliphatic rings. The average Bonchev–Trinajstić information content (AvgIpc) is 2.86. The summed E-state index contributed by atoms with van der Waals surface area (Å²) >= 11 is 0. The maximum Gasteiger partial charge on any atom is 0.163 e. The van der Waals surface area contributed by atoms with Gasteiger partial charge in [-0.3, -0.25) is 9.59 Å². The molecule has 0 aromatic heterocycles. The van der Waals surface area contributed by atoms with E-state index < -0.39 is 15.8 Å². The lowest BCUT2D eigenvalue weighted by Gasteiger charge is -2.19.